The summed E-state index contributed by atoms with van der Waals surface area (Å²) in [7, 11) is -2.25. The van der Waals surface area contributed by atoms with Gasteiger partial charge in [0.1, 0.15) is 6.04 Å². The number of Topliss-reactive ketones (excluding diaryl/α,β-unsaturated/α-hetero) is 1. The fourth-order valence-corrected chi connectivity index (χ4v) is 4.40. The number of carboxylic acids is 1. The van der Waals surface area contributed by atoms with Gasteiger partial charge in [-0.1, -0.05) is 20.8 Å². The number of amides is 2. The lowest BCUT2D eigenvalue weighted by Gasteiger charge is -2.48. The van der Waals surface area contributed by atoms with Crippen molar-refractivity contribution < 1.29 is 28.7 Å². The Morgan fingerprint density at radius 1 is 1.29 bits per heavy atom. The maximum absolute atomic E-state index is 13.0. The minimum absolute atomic E-state index is 0.118. The van der Waals surface area contributed by atoms with Crippen LogP contribution in [0.3, 0.4) is 0 Å². The summed E-state index contributed by atoms with van der Waals surface area (Å²) in [6.07, 6.45) is 2.17. The standard InChI is InChI=1S/C19H26N2O6Si/c1-11(27-28(5,6)19(2,3)4)13-14(15(22)12-8-7-9-20-10-12)21(16(13)23)17(24)18(25)26/h7-11,13-14H,1-6H3,(H,25,26)/t11-,13-,14-/m1/s1. The number of nitrogens with zero attached hydrogens (tertiary/aromatic N) is 2. The van der Waals surface area contributed by atoms with Crippen LogP contribution in [0.15, 0.2) is 24.5 Å². The Balaban J connectivity index is 2.36. The van der Waals surface area contributed by atoms with E-state index >= 15 is 0 Å². The van der Waals surface area contributed by atoms with Crippen LogP contribution >= 0.6 is 0 Å². The third kappa shape index (κ3) is 3.90. The Morgan fingerprint density at radius 3 is 2.36 bits per heavy atom. The molecule has 152 valence electrons. The van der Waals surface area contributed by atoms with Crippen molar-refractivity contribution in [2.75, 3.05) is 0 Å². The van der Waals surface area contributed by atoms with Gasteiger partial charge in [0.15, 0.2) is 14.1 Å². The molecule has 1 saturated heterocycles. The first kappa shape index (κ1) is 21.9. The second-order valence-corrected chi connectivity index (χ2v) is 13.2. The number of aliphatic carboxylic acids is 1. The van der Waals surface area contributed by atoms with Gasteiger partial charge in [0.25, 0.3) is 0 Å². The molecule has 1 aromatic rings. The van der Waals surface area contributed by atoms with Crippen LogP contribution in [0.4, 0.5) is 0 Å². The number of aromatic nitrogens is 1. The number of likely N-dealkylation sites (tertiary alicyclic amines) is 1. The van der Waals surface area contributed by atoms with Gasteiger partial charge < -0.3 is 9.53 Å². The summed E-state index contributed by atoms with van der Waals surface area (Å²) in [6, 6.07) is 1.85. The van der Waals surface area contributed by atoms with Crippen molar-refractivity contribution in [2.24, 2.45) is 5.92 Å². The Bertz CT molecular complexity index is 802. The lowest BCUT2D eigenvalue weighted by molar-refractivity contribution is -0.175. The van der Waals surface area contributed by atoms with Gasteiger partial charge in [-0.2, -0.15) is 0 Å². The van der Waals surface area contributed by atoms with Crippen molar-refractivity contribution in [1.82, 2.24) is 9.88 Å². The normalized spacial score (nSPS) is 21.1. The molecule has 0 aromatic carbocycles. The summed E-state index contributed by atoms with van der Waals surface area (Å²) >= 11 is 0. The van der Waals surface area contributed by atoms with E-state index in [0.717, 1.165) is 0 Å². The van der Waals surface area contributed by atoms with Gasteiger partial charge in [-0.15, -0.1) is 0 Å². The highest BCUT2D eigenvalue weighted by Gasteiger charge is 2.59. The molecular formula is C19H26N2O6Si. The molecule has 0 unspecified atom stereocenters. The number of imide groups is 1. The molecule has 0 saturated carbocycles. The highest BCUT2D eigenvalue weighted by atomic mass is 28.4. The van der Waals surface area contributed by atoms with E-state index in [-0.39, 0.29) is 10.6 Å². The number of rotatable bonds is 5. The summed E-state index contributed by atoms with van der Waals surface area (Å²) in [5.41, 5.74) is 0.202. The number of carbonyl (C=O) groups excluding carboxylic acids is 3. The third-order valence-corrected chi connectivity index (χ3v) is 10.1. The molecule has 0 aliphatic carbocycles. The topological polar surface area (TPSA) is 114 Å². The van der Waals surface area contributed by atoms with Gasteiger partial charge in [0.2, 0.25) is 5.91 Å². The Kier molecular flexibility index (Phi) is 5.91. The number of β-lactam (4-membered cyclic amide) rings is 1. The SMILES string of the molecule is C[C@@H](O[Si](C)(C)C(C)(C)C)[C@H]1C(=O)N(C(=O)C(=O)O)[C@H]1C(=O)c1cccnc1. The third-order valence-electron chi connectivity index (χ3n) is 5.55. The van der Waals surface area contributed by atoms with Gasteiger partial charge >= 0.3 is 11.9 Å². The van der Waals surface area contributed by atoms with E-state index in [1.165, 1.54) is 18.5 Å². The Morgan fingerprint density at radius 2 is 1.89 bits per heavy atom. The number of carboxylic acid groups (broad SMARTS) is 1. The van der Waals surface area contributed by atoms with E-state index in [0.29, 0.717) is 4.90 Å². The van der Waals surface area contributed by atoms with Crippen LogP contribution in [0.2, 0.25) is 18.1 Å². The molecular weight excluding hydrogens is 380 g/mol. The van der Waals surface area contributed by atoms with Crippen LogP contribution in [0, 0.1) is 5.92 Å². The molecule has 3 atom stereocenters. The van der Waals surface area contributed by atoms with Gasteiger partial charge in [0.05, 0.1) is 12.0 Å². The number of ketones is 1. The highest BCUT2D eigenvalue weighted by Crippen LogP contribution is 2.41. The lowest BCUT2D eigenvalue weighted by Crippen LogP contribution is -2.70. The van der Waals surface area contributed by atoms with E-state index in [1.54, 1.807) is 13.0 Å². The van der Waals surface area contributed by atoms with E-state index < -0.39 is 49.9 Å². The molecule has 2 rings (SSSR count). The Labute approximate surface area is 165 Å². The van der Waals surface area contributed by atoms with Crippen LogP contribution < -0.4 is 0 Å². The summed E-state index contributed by atoms with van der Waals surface area (Å²) in [6.45, 7) is 11.9. The van der Waals surface area contributed by atoms with Crippen molar-refractivity contribution in [2.45, 2.75) is 58.0 Å². The molecule has 9 heteroatoms. The summed E-state index contributed by atoms with van der Waals surface area (Å²) < 4.78 is 6.25. The molecule has 28 heavy (non-hydrogen) atoms. The van der Waals surface area contributed by atoms with E-state index in [2.05, 4.69) is 4.98 Å². The second kappa shape index (κ2) is 7.55. The molecule has 2 heterocycles. The highest BCUT2D eigenvalue weighted by molar-refractivity contribution is 6.74. The number of pyridine rings is 1. The molecule has 1 aliphatic heterocycles. The zero-order valence-corrected chi connectivity index (χ0v) is 17.9. The molecule has 1 aliphatic rings. The van der Waals surface area contributed by atoms with Crippen molar-refractivity contribution in [3.8, 4) is 0 Å². The van der Waals surface area contributed by atoms with Gasteiger partial charge in [0, 0.05) is 18.0 Å². The first-order chi connectivity index (χ1) is 12.8. The van der Waals surface area contributed by atoms with Crippen LogP contribution in [-0.4, -0.2) is 59.0 Å². The minimum atomic E-state index is -2.25. The quantitative estimate of drug-likeness (QED) is 0.345. The van der Waals surface area contributed by atoms with Crippen LogP contribution in [0.25, 0.3) is 0 Å². The maximum atomic E-state index is 13.0. The second-order valence-electron chi connectivity index (χ2n) is 8.48. The number of carbonyl (C=O) groups is 4. The Hall–Kier alpha value is -2.39. The monoisotopic (exact) mass is 406 g/mol. The van der Waals surface area contributed by atoms with Crippen molar-refractivity contribution in [3.63, 3.8) is 0 Å². The molecule has 2 amide bonds. The molecule has 1 fully saturated rings. The van der Waals surface area contributed by atoms with E-state index in [1.807, 2.05) is 33.9 Å². The molecule has 0 radical (unpaired) electrons. The van der Waals surface area contributed by atoms with Crippen molar-refractivity contribution in [3.05, 3.63) is 30.1 Å². The van der Waals surface area contributed by atoms with E-state index in [4.69, 9.17) is 9.53 Å². The average Bonchev–Trinajstić information content (AvgIpc) is 2.58. The van der Waals surface area contributed by atoms with Crippen LogP contribution in [0.5, 0.6) is 0 Å². The fraction of sp³-hybridized carbons (Fsp3) is 0.526. The summed E-state index contributed by atoms with van der Waals surface area (Å²) in [5.74, 6) is -5.36. The zero-order valence-electron chi connectivity index (χ0n) is 16.9. The largest absolute Gasteiger partial charge is 0.474 e. The van der Waals surface area contributed by atoms with E-state index in [9.17, 15) is 19.2 Å². The lowest BCUT2D eigenvalue weighted by atomic mass is 9.79. The molecule has 0 spiro atoms. The zero-order chi connectivity index (χ0) is 21.4. The molecule has 8 nitrogen and oxygen atoms in total. The van der Waals surface area contributed by atoms with Crippen LogP contribution in [0.1, 0.15) is 38.1 Å². The first-order valence-electron chi connectivity index (χ1n) is 9.02. The van der Waals surface area contributed by atoms with Gasteiger partial charge in [-0.25, -0.2) is 4.79 Å². The van der Waals surface area contributed by atoms with Gasteiger partial charge in [-0.3, -0.25) is 24.3 Å². The maximum Gasteiger partial charge on any atom is 0.395 e. The molecule has 1 aromatic heterocycles. The first-order valence-corrected chi connectivity index (χ1v) is 11.9. The summed E-state index contributed by atoms with van der Waals surface area (Å²) in [5, 5.41) is 8.91. The average molecular weight is 407 g/mol. The predicted molar refractivity (Wildman–Crippen MR) is 103 cm³/mol. The number of hydrogen-bond acceptors (Lipinski definition) is 6. The minimum Gasteiger partial charge on any atom is -0.474 e. The molecule has 1 N–H and O–H groups in total. The van der Waals surface area contributed by atoms with Crippen molar-refractivity contribution >= 4 is 31.9 Å². The summed E-state index contributed by atoms with van der Waals surface area (Å²) in [4.78, 5) is 53.1. The van der Waals surface area contributed by atoms with Gasteiger partial charge in [-0.05, 0) is 37.2 Å². The smallest absolute Gasteiger partial charge is 0.395 e. The van der Waals surface area contributed by atoms with Crippen LogP contribution in [-0.2, 0) is 18.8 Å². The van der Waals surface area contributed by atoms with Crippen molar-refractivity contribution in [1.29, 1.82) is 0 Å². The fourth-order valence-electron chi connectivity index (χ4n) is 2.97. The predicted octanol–water partition coefficient (Wildman–Crippen LogP) is 2.11. The number of hydrogen-bond donors (Lipinski definition) is 1. The molecule has 0 bridgehead atoms.